The van der Waals surface area contributed by atoms with Crippen LogP contribution in [-0.2, 0) is 4.74 Å². The fourth-order valence-electron chi connectivity index (χ4n) is 3.37. The van der Waals surface area contributed by atoms with Gasteiger partial charge in [0.15, 0.2) is 0 Å². The van der Waals surface area contributed by atoms with Crippen molar-refractivity contribution in [2.45, 2.75) is 18.9 Å². The zero-order chi connectivity index (χ0) is 19.0. The van der Waals surface area contributed by atoms with Crippen LogP contribution >= 0.6 is 0 Å². The third-order valence-electron chi connectivity index (χ3n) is 4.76. The van der Waals surface area contributed by atoms with Gasteiger partial charge >= 0.3 is 0 Å². The molecular formula is C20H17FN2O4. The van der Waals surface area contributed by atoms with E-state index in [0.29, 0.717) is 17.9 Å². The topological polar surface area (TPSA) is 75.7 Å². The highest BCUT2D eigenvalue weighted by atomic mass is 19.1. The van der Waals surface area contributed by atoms with Crippen LogP contribution in [0.4, 0.5) is 10.1 Å². The molecule has 2 aromatic rings. The van der Waals surface area contributed by atoms with Crippen LogP contribution in [0, 0.1) is 5.82 Å². The first kappa shape index (κ1) is 17.4. The van der Waals surface area contributed by atoms with Crippen LogP contribution in [0.1, 0.15) is 43.9 Å². The Labute approximate surface area is 154 Å². The van der Waals surface area contributed by atoms with E-state index in [1.54, 1.807) is 6.07 Å². The van der Waals surface area contributed by atoms with Crippen molar-refractivity contribution in [1.82, 2.24) is 4.90 Å². The molecule has 1 N–H and O–H groups in total. The molecule has 138 valence electrons. The molecule has 0 bridgehead atoms. The van der Waals surface area contributed by atoms with Gasteiger partial charge in [-0.3, -0.25) is 19.3 Å². The molecular weight excluding hydrogens is 351 g/mol. The van der Waals surface area contributed by atoms with Gasteiger partial charge in [-0.05, 0) is 43.2 Å². The van der Waals surface area contributed by atoms with Crippen molar-refractivity contribution in [2.24, 2.45) is 0 Å². The monoisotopic (exact) mass is 368 g/mol. The van der Waals surface area contributed by atoms with E-state index in [1.807, 2.05) is 0 Å². The molecule has 27 heavy (non-hydrogen) atoms. The molecule has 6 nitrogen and oxygen atoms in total. The fourth-order valence-corrected chi connectivity index (χ4v) is 3.37. The lowest BCUT2D eigenvalue weighted by Gasteiger charge is -2.17. The summed E-state index contributed by atoms with van der Waals surface area (Å²) >= 11 is 0. The van der Waals surface area contributed by atoms with Crippen molar-refractivity contribution >= 4 is 23.4 Å². The minimum absolute atomic E-state index is 0.0968. The third kappa shape index (κ3) is 3.21. The minimum Gasteiger partial charge on any atom is -0.376 e. The van der Waals surface area contributed by atoms with Gasteiger partial charge in [-0.1, -0.05) is 12.1 Å². The number of hydrogen-bond donors (Lipinski definition) is 1. The molecule has 1 fully saturated rings. The summed E-state index contributed by atoms with van der Waals surface area (Å²) in [4.78, 5) is 38.6. The second-order valence-corrected chi connectivity index (χ2v) is 6.55. The summed E-state index contributed by atoms with van der Waals surface area (Å²) in [6, 6.07) is 10.1. The maximum absolute atomic E-state index is 13.7. The molecule has 3 amide bonds. The quantitative estimate of drug-likeness (QED) is 0.842. The first-order valence-corrected chi connectivity index (χ1v) is 8.72. The van der Waals surface area contributed by atoms with E-state index in [0.717, 1.165) is 12.8 Å². The molecule has 1 saturated heterocycles. The largest absolute Gasteiger partial charge is 0.376 e. The van der Waals surface area contributed by atoms with E-state index >= 15 is 0 Å². The van der Waals surface area contributed by atoms with Crippen molar-refractivity contribution in [3.05, 3.63) is 65.0 Å². The van der Waals surface area contributed by atoms with Crippen LogP contribution in [-0.4, -0.2) is 41.9 Å². The molecule has 0 aromatic heterocycles. The Bertz CT molecular complexity index is 937. The fraction of sp³-hybridized carbons (Fsp3) is 0.250. The molecule has 0 saturated carbocycles. The number of carbonyl (C=O) groups excluding carboxylic acids is 3. The number of benzene rings is 2. The summed E-state index contributed by atoms with van der Waals surface area (Å²) in [6.45, 7) is 0.864. The second-order valence-electron chi connectivity index (χ2n) is 6.55. The predicted molar refractivity (Wildman–Crippen MR) is 95.1 cm³/mol. The Hall–Kier alpha value is -3.06. The normalized spacial score (nSPS) is 18.7. The molecule has 2 heterocycles. The average molecular weight is 368 g/mol. The Morgan fingerprint density at radius 2 is 1.93 bits per heavy atom. The van der Waals surface area contributed by atoms with Crippen molar-refractivity contribution < 1.29 is 23.5 Å². The van der Waals surface area contributed by atoms with Crippen molar-refractivity contribution in [3.63, 3.8) is 0 Å². The highest BCUT2D eigenvalue weighted by molar-refractivity contribution is 6.22. The Kier molecular flexibility index (Phi) is 4.45. The third-order valence-corrected chi connectivity index (χ3v) is 4.76. The van der Waals surface area contributed by atoms with Gasteiger partial charge in [0.25, 0.3) is 17.7 Å². The lowest BCUT2D eigenvalue weighted by Crippen LogP contribution is -2.36. The molecule has 7 heteroatoms. The van der Waals surface area contributed by atoms with Gasteiger partial charge in [-0.15, -0.1) is 0 Å². The zero-order valence-corrected chi connectivity index (χ0v) is 14.4. The number of halogens is 1. The molecule has 4 rings (SSSR count). The van der Waals surface area contributed by atoms with Crippen LogP contribution in [0.25, 0.3) is 0 Å². The van der Waals surface area contributed by atoms with Gasteiger partial charge < -0.3 is 10.1 Å². The van der Waals surface area contributed by atoms with Crippen molar-refractivity contribution in [2.75, 3.05) is 18.5 Å². The highest BCUT2D eigenvalue weighted by Crippen LogP contribution is 2.27. The number of nitrogens with zero attached hydrogens (tertiary/aromatic N) is 1. The standard InChI is InChI=1S/C20H17FN2O4/c21-17-6-2-1-5-15(17)18(24)22-12-7-8-14-16(10-12)20(26)23(19(14)25)11-13-4-3-9-27-13/h1-2,5-8,10,13H,3-4,9,11H2,(H,22,24). The number of imide groups is 1. The van der Waals surface area contributed by atoms with Gasteiger partial charge in [0.1, 0.15) is 5.82 Å². The van der Waals surface area contributed by atoms with E-state index in [9.17, 15) is 18.8 Å². The number of ether oxygens (including phenoxy) is 1. The average Bonchev–Trinajstić information content (AvgIpc) is 3.25. The van der Waals surface area contributed by atoms with Crippen LogP contribution in [0.15, 0.2) is 42.5 Å². The SMILES string of the molecule is O=C(Nc1ccc2c(c1)C(=O)N(CC1CCCO1)C2=O)c1ccccc1F. The van der Waals surface area contributed by atoms with Crippen molar-refractivity contribution in [3.8, 4) is 0 Å². The van der Waals surface area contributed by atoms with E-state index in [1.165, 1.54) is 41.3 Å². The molecule has 0 radical (unpaired) electrons. The van der Waals surface area contributed by atoms with Crippen LogP contribution in [0.3, 0.4) is 0 Å². The Balaban J connectivity index is 1.54. The van der Waals surface area contributed by atoms with Gasteiger partial charge in [0.2, 0.25) is 0 Å². The summed E-state index contributed by atoms with van der Waals surface area (Å²) < 4.78 is 19.3. The first-order valence-electron chi connectivity index (χ1n) is 8.72. The van der Waals surface area contributed by atoms with Crippen LogP contribution in [0.2, 0.25) is 0 Å². The predicted octanol–water partition coefficient (Wildman–Crippen LogP) is 2.85. The number of anilines is 1. The first-order chi connectivity index (χ1) is 13.0. The smallest absolute Gasteiger partial charge is 0.261 e. The lowest BCUT2D eigenvalue weighted by molar-refractivity contribution is 0.0475. The van der Waals surface area contributed by atoms with E-state index in [2.05, 4.69) is 5.32 Å². The molecule has 1 unspecified atom stereocenters. The van der Waals surface area contributed by atoms with E-state index < -0.39 is 17.6 Å². The number of hydrogen-bond acceptors (Lipinski definition) is 4. The molecule has 1 atom stereocenters. The number of nitrogens with one attached hydrogen (secondary N) is 1. The van der Waals surface area contributed by atoms with Gasteiger partial charge in [0, 0.05) is 12.3 Å². The summed E-state index contributed by atoms with van der Waals surface area (Å²) in [7, 11) is 0. The number of fused-ring (bicyclic) bond motifs is 1. The second kappa shape index (κ2) is 6.92. The van der Waals surface area contributed by atoms with Crippen molar-refractivity contribution in [1.29, 1.82) is 0 Å². The molecule has 2 aliphatic heterocycles. The lowest BCUT2D eigenvalue weighted by atomic mass is 10.1. The number of carbonyl (C=O) groups is 3. The maximum atomic E-state index is 13.7. The van der Waals surface area contributed by atoms with Gasteiger partial charge in [-0.2, -0.15) is 0 Å². The van der Waals surface area contributed by atoms with Gasteiger partial charge in [-0.25, -0.2) is 4.39 Å². The summed E-state index contributed by atoms with van der Waals surface area (Å²) in [5.74, 6) is -2.03. The molecule has 0 aliphatic carbocycles. The minimum atomic E-state index is -0.634. The number of amides is 3. The van der Waals surface area contributed by atoms with Crippen LogP contribution in [0.5, 0.6) is 0 Å². The van der Waals surface area contributed by atoms with E-state index in [4.69, 9.17) is 4.74 Å². The Morgan fingerprint density at radius 3 is 2.67 bits per heavy atom. The summed E-state index contributed by atoms with van der Waals surface area (Å²) in [5, 5.41) is 2.57. The number of rotatable bonds is 4. The van der Waals surface area contributed by atoms with Gasteiger partial charge in [0.05, 0.1) is 29.3 Å². The maximum Gasteiger partial charge on any atom is 0.261 e. The zero-order valence-electron chi connectivity index (χ0n) is 14.4. The molecule has 2 aromatic carbocycles. The summed E-state index contributed by atoms with van der Waals surface area (Å²) in [5.41, 5.74) is 0.744. The summed E-state index contributed by atoms with van der Waals surface area (Å²) in [6.07, 6.45) is 1.60. The van der Waals surface area contributed by atoms with E-state index in [-0.39, 0.29) is 29.7 Å². The molecule has 0 spiro atoms. The molecule has 2 aliphatic rings. The Morgan fingerprint density at radius 1 is 1.15 bits per heavy atom. The highest BCUT2D eigenvalue weighted by Gasteiger charge is 2.37. The van der Waals surface area contributed by atoms with Crippen LogP contribution < -0.4 is 5.32 Å².